The Balaban J connectivity index is 1.56. The van der Waals surface area contributed by atoms with Gasteiger partial charge in [0.1, 0.15) is 11.4 Å². The van der Waals surface area contributed by atoms with Crippen molar-refractivity contribution in [3.63, 3.8) is 0 Å². The van der Waals surface area contributed by atoms with Crippen molar-refractivity contribution in [3.8, 4) is 5.75 Å². The summed E-state index contributed by atoms with van der Waals surface area (Å²) in [4.78, 5) is 36.8. The first kappa shape index (κ1) is 21.0. The molecule has 0 spiro atoms. The predicted molar refractivity (Wildman–Crippen MR) is 107 cm³/mol. The van der Waals surface area contributed by atoms with Crippen LogP contribution in [0.5, 0.6) is 5.75 Å². The third-order valence-corrected chi connectivity index (χ3v) is 4.38. The summed E-state index contributed by atoms with van der Waals surface area (Å²) >= 11 is 0. The van der Waals surface area contributed by atoms with Crippen LogP contribution >= 0.6 is 0 Å². The highest BCUT2D eigenvalue weighted by Crippen LogP contribution is 2.29. The number of aromatic nitrogens is 2. The number of nitrogens with one attached hydrogen (secondary N) is 1. The summed E-state index contributed by atoms with van der Waals surface area (Å²) in [5, 5.41) is 21.5. The standard InChI is InChI=1S/C19H21N5O6/c1-2-29-13-5-6-14(16(11-13)24(27)28)20-18(25)12-30-19(26)15-7-8-17(22-21-15)23-9-3-4-10-23/h5-8,11H,2-4,9-10,12H2,1H3,(H,20,25). The summed E-state index contributed by atoms with van der Waals surface area (Å²) in [7, 11) is 0. The monoisotopic (exact) mass is 415 g/mol. The number of hydrogen-bond donors (Lipinski definition) is 1. The molecule has 1 aromatic heterocycles. The zero-order chi connectivity index (χ0) is 21.5. The molecule has 11 heteroatoms. The highest BCUT2D eigenvalue weighted by molar-refractivity contribution is 5.96. The van der Waals surface area contributed by atoms with Crippen LogP contribution in [0.15, 0.2) is 30.3 Å². The minimum Gasteiger partial charge on any atom is -0.494 e. The van der Waals surface area contributed by atoms with Gasteiger partial charge in [-0.25, -0.2) is 4.79 Å². The molecule has 0 atom stereocenters. The molecule has 0 unspecified atom stereocenters. The molecule has 11 nitrogen and oxygen atoms in total. The average Bonchev–Trinajstić information content (AvgIpc) is 3.28. The van der Waals surface area contributed by atoms with Crippen molar-refractivity contribution in [2.24, 2.45) is 0 Å². The first-order valence-corrected chi connectivity index (χ1v) is 9.45. The number of rotatable bonds is 8. The molecule has 0 radical (unpaired) electrons. The van der Waals surface area contributed by atoms with Crippen molar-refractivity contribution in [3.05, 3.63) is 46.1 Å². The van der Waals surface area contributed by atoms with E-state index in [2.05, 4.69) is 20.4 Å². The van der Waals surface area contributed by atoms with E-state index in [1.165, 1.54) is 24.3 Å². The van der Waals surface area contributed by atoms with Crippen LogP contribution in [0.2, 0.25) is 0 Å². The second-order valence-corrected chi connectivity index (χ2v) is 6.46. The summed E-state index contributed by atoms with van der Waals surface area (Å²) in [6.07, 6.45) is 2.18. The van der Waals surface area contributed by atoms with E-state index in [1.807, 2.05) is 0 Å². The van der Waals surface area contributed by atoms with Gasteiger partial charge in [-0.2, -0.15) is 0 Å². The Morgan fingerprint density at radius 2 is 1.97 bits per heavy atom. The minimum absolute atomic E-state index is 0.0285. The summed E-state index contributed by atoms with van der Waals surface area (Å²) in [6.45, 7) is 3.27. The lowest BCUT2D eigenvalue weighted by Crippen LogP contribution is -2.23. The second-order valence-electron chi connectivity index (χ2n) is 6.46. The van der Waals surface area contributed by atoms with E-state index >= 15 is 0 Å². The van der Waals surface area contributed by atoms with Gasteiger partial charge < -0.3 is 19.7 Å². The van der Waals surface area contributed by atoms with E-state index in [9.17, 15) is 19.7 Å². The quantitative estimate of drug-likeness (QED) is 0.390. The number of ether oxygens (including phenoxy) is 2. The van der Waals surface area contributed by atoms with Crippen LogP contribution in [-0.4, -0.2) is 53.3 Å². The molecular formula is C19H21N5O6. The molecule has 1 saturated heterocycles. The highest BCUT2D eigenvalue weighted by atomic mass is 16.6. The molecule has 0 bridgehead atoms. The molecule has 30 heavy (non-hydrogen) atoms. The molecule has 1 aliphatic heterocycles. The molecule has 0 aliphatic carbocycles. The Hall–Kier alpha value is -3.76. The number of nitro groups is 1. The number of anilines is 2. The van der Waals surface area contributed by atoms with Crippen LogP contribution in [0.3, 0.4) is 0 Å². The Morgan fingerprint density at radius 1 is 1.20 bits per heavy atom. The molecule has 158 valence electrons. The number of hydrogen-bond acceptors (Lipinski definition) is 9. The third kappa shape index (κ3) is 5.19. The number of carbonyl (C=O) groups is 2. The topological polar surface area (TPSA) is 137 Å². The van der Waals surface area contributed by atoms with Gasteiger partial charge >= 0.3 is 5.97 Å². The third-order valence-electron chi connectivity index (χ3n) is 4.38. The lowest BCUT2D eigenvalue weighted by Gasteiger charge is -2.15. The summed E-state index contributed by atoms with van der Waals surface area (Å²) in [6, 6.07) is 7.22. The van der Waals surface area contributed by atoms with Crippen LogP contribution in [0, 0.1) is 10.1 Å². The number of nitro benzene ring substituents is 1. The lowest BCUT2D eigenvalue weighted by atomic mass is 10.2. The molecule has 2 heterocycles. The van der Waals surface area contributed by atoms with Crippen molar-refractivity contribution in [2.45, 2.75) is 19.8 Å². The largest absolute Gasteiger partial charge is 0.494 e. The number of esters is 1. The van der Waals surface area contributed by atoms with Crippen LogP contribution in [0.1, 0.15) is 30.3 Å². The molecule has 2 aromatic rings. The smallest absolute Gasteiger partial charge is 0.359 e. The molecule has 1 aliphatic rings. The maximum absolute atomic E-state index is 12.1. The molecular weight excluding hydrogens is 394 g/mol. The van der Waals surface area contributed by atoms with Gasteiger partial charge in [0.2, 0.25) is 0 Å². The van der Waals surface area contributed by atoms with Crippen LogP contribution < -0.4 is 15.0 Å². The number of carbonyl (C=O) groups excluding carboxylic acids is 2. The first-order chi connectivity index (χ1) is 14.5. The van der Waals surface area contributed by atoms with Gasteiger partial charge in [-0.15, -0.1) is 10.2 Å². The van der Waals surface area contributed by atoms with Gasteiger partial charge in [-0.1, -0.05) is 0 Å². The maximum Gasteiger partial charge on any atom is 0.359 e. The molecule has 1 fully saturated rings. The number of amides is 1. The van der Waals surface area contributed by atoms with Crippen molar-refractivity contribution in [1.29, 1.82) is 0 Å². The van der Waals surface area contributed by atoms with Crippen LogP contribution in [0.4, 0.5) is 17.2 Å². The van der Waals surface area contributed by atoms with E-state index in [0.717, 1.165) is 25.9 Å². The van der Waals surface area contributed by atoms with E-state index < -0.39 is 23.4 Å². The van der Waals surface area contributed by atoms with Gasteiger partial charge in [0.25, 0.3) is 11.6 Å². The van der Waals surface area contributed by atoms with Crippen molar-refractivity contribution in [1.82, 2.24) is 10.2 Å². The fourth-order valence-corrected chi connectivity index (χ4v) is 2.96. The van der Waals surface area contributed by atoms with Gasteiger partial charge in [-0.05, 0) is 44.0 Å². The van der Waals surface area contributed by atoms with Crippen molar-refractivity contribution >= 4 is 29.1 Å². The van der Waals surface area contributed by atoms with Crippen molar-refractivity contribution in [2.75, 3.05) is 36.5 Å². The van der Waals surface area contributed by atoms with Crippen LogP contribution in [-0.2, 0) is 9.53 Å². The fraction of sp³-hybridized carbons (Fsp3) is 0.368. The predicted octanol–water partition coefficient (Wildman–Crippen LogP) is 2.18. The van der Waals surface area contributed by atoms with E-state index in [0.29, 0.717) is 18.2 Å². The first-order valence-electron chi connectivity index (χ1n) is 9.45. The normalized spacial score (nSPS) is 13.0. The second kappa shape index (κ2) is 9.63. The van der Waals surface area contributed by atoms with E-state index in [4.69, 9.17) is 9.47 Å². The fourth-order valence-electron chi connectivity index (χ4n) is 2.96. The lowest BCUT2D eigenvalue weighted by molar-refractivity contribution is -0.384. The van der Waals surface area contributed by atoms with Gasteiger partial charge in [0.05, 0.1) is 17.6 Å². The zero-order valence-corrected chi connectivity index (χ0v) is 16.4. The minimum atomic E-state index is -0.813. The molecule has 1 aromatic carbocycles. The summed E-state index contributed by atoms with van der Waals surface area (Å²) in [5.74, 6) is -0.543. The number of nitrogens with zero attached hydrogens (tertiary/aromatic N) is 4. The molecule has 0 saturated carbocycles. The Morgan fingerprint density at radius 3 is 2.60 bits per heavy atom. The Labute approximate surface area is 172 Å². The van der Waals surface area contributed by atoms with Crippen molar-refractivity contribution < 1.29 is 24.0 Å². The van der Waals surface area contributed by atoms with Gasteiger partial charge in [-0.3, -0.25) is 14.9 Å². The summed E-state index contributed by atoms with van der Waals surface area (Å²) < 4.78 is 10.2. The maximum atomic E-state index is 12.1. The number of benzene rings is 1. The SMILES string of the molecule is CCOc1ccc(NC(=O)COC(=O)c2ccc(N3CCCC3)nn2)c([N+](=O)[O-])c1. The van der Waals surface area contributed by atoms with E-state index in [-0.39, 0.29) is 17.1 Å². The molecule has 1 amide bonds. The Bertz CT molecular complexity index is 928. The average molecular weight is 415 g/mol. The zero-order valence-electron chi connectivity index (χ0n) is 16.4. The van der Waals surface area contributed by atoms with E-state index in [1.54, 1.807) is 13.0 Å². The highest BCUT2D eigenvalue weighted by Gasteiger charge is 2.19. The molecule has 1 N–H and O–H groups in total. The summed E-state index contributed by atoms with van der Waals surface area (Å²) in [5.41, 5.74) is -0.388. The Kier molecular flexibility index (Phi) is 6.73. The van der Waals surface area contributed by atoms with Gasteiger partial charge in [0, 0.05) is 13.1 Å². The van der Waals surface area contributed by atoms with Crippen LogP contribution in [0.25, 0.3) is 0 Å². The molecule has 3 rings (SSSR count). The van der Waals surface area contributed by atoms with Gasteiger partial charge in [0.15, 0.2) is 18.1 Å².